The molecule has 0 bridgehead atoms. The van der Waals surface area contributed by atoms with E-state index in [1.165, 1.54) is 0 Å². The Bertz CT molecular complexity index is 683. The maximum absolute atomic E-state index is 12.4. The Hall–Kier alpha value is -2.15. The van der Waals surface area contributed by atoms with Crippen LogP contribution in [0.5, 0.6) is 0 Å². The van der Waals surface area contributed by atoms with Crippen molar-refractivity contribution >= 4 is 5.91 Å². The van der Waals surface area contributed by atoms with Crippen molar-refractivity contribution in [3.05, 3.63) is 35.9 Å². The van der Waals surface area contributed by atoms with E-state index in [4.69, 9.17) is 0 Å². The third kappa shape index (κ3) is 4.03. The van der Waals surface area contributed by atoms with E-state index in [1.807, 2.05) is 35.0 Å². The van der Waals surface area contributed by atoms with E-state index in [0.29, 0.717) is 18.0 Å². The molecule has 1 amide bonds. The second kappa shape index (κ2) is 7.17. The summed E-state index contributed by atoms with van der Waals surface area (Å²) < 4.78 is 3.77. The van der Waals surface area contributed by atoms with E-state index in [1.54, 1.807) is 17.8 Å². The van der Waals surface area contributed by atoms with Crippen LogP contribution in [0.1, 0.15) is 37.1 Å². The highest BCUT2D eigenvalue weighted by Crippen LogP contribution is 2.20. The number of rotatable bonds is 5. The molecule has 1 atom stereocenters. The average molecular weight is 331 g/mol. The number of aromatic nitrogens is 4. The van der Waals surface area contributed by atoms with Gasteiger partial charge in [-0.3, -0.25) is 9.48 Å². The second-order valence-corrected chi connectivity index (χ2v) is 6.73. The molecule has 1 aliphatic heterocycles. The summed E-state index contributed by atoms with van der Waals surface area (Å²) >= 11 is 0. The molecule has 0 unspecified atom stereocenters. The highest BCUT2D eigenvalue weighted by Gasteiger charge is 2.23. The molecule has 3 rings (SSSR count). The molecule has 130 valence electrons. The topological polar surface area (TPSA) is 76.2 Å². The van der Waals surface area contributed by atoms with Crippen LogP contribution in [0.3, 0.4) is 0 Å². The summed E-state index contributed by atoms with van der Waals surface area (Å²) in [5, 5.41) is 17.5. The van der Waals surface area contributed by atoms with Crippen molar-refractivity contribution in [1.82, 2.24) is 24.5 Å². The van der Waals surface area contributed by atoms with Gasteiger partial charge in [-0.1, -0.05) is 5.21 Å². The number of aliphatic hydroxyl groups is 1. The lowest BCUT2D eigenvalue weighted by atomic mass is 9.96. The maximum Gasteiger partial charge on any atom is 0.227 e. The summed E-state index contributed by atoms with van der Waals surface area (Å²) in [5.74, 6) is 0.700. The summed E-state index contributed by atoms with van der Waals surface area (Å²) in [4.78, 5) is 14.3. The zero-order valence-corrected chi connectivity index (χ0v) is 14.3. The van der Waals surface area contributed by atoms with E-state index in [0.717, 1.165) is 38.0 Å². The summed E-state index contributed by atoms with van der Waals surface area (Å²) in [6, 6.07) is 2.00. The van der Waals surface area contributed by atoms with Crippen LogP contribution in [0.25, 0.3) is 0 Å². The van der Waals surface area contributed by atoms with Crippen molar-refractivity contribution in [2.75, 3.05) is 13.1 Å². The van der Waals surface area contributed by atoms with Gasteiger partial charge < -0.3 is 14.6 Å². The summed E-state index contributed by atoms with van der Waals surface area (Å²) in [6.07, 6.45) is 7.61. The van der Waals surface area contributed by atoms with Gasteiger partial charge in [-0.05, 0) is 37.3 Å². The van der Waals surface area contributed by atoms with E-state index in [-0.39, 0.29) is 5.91 Å². The molecule has 2 aromatic rings. The van der Waals surface area contributed by atoms with Crippen LogP contribution < -0.4 is 0 Å². The lowest BCUT2D eigenvalue weighted by Gasteiger charge is -2.32. The number of piperidine rings is 1. The molecule has 24 heavy (non-hydrogen) atoms. The SMILES string of the molecule is C[C@@H](O)c1cn(CC2CCN(C(=O)Cc3ccn(C)c3)CC2)nn1. The zero-order valence-electron chi connectivity index (χ0n) is 14.3. The molecule has 1 aliphatic rings. The molecule has 2 aromatic heterocycles. The highest BCUT2D eigenvalue weighted by atomic mass is 16.3. The van der Waals surface area contributed by atoms with Crippen molar-refractivity contribution in [3.8, 4) is 0 Å². The Morgan fingerprint density at radius 3 is 2.71 bits per heavy atom. The quantitative estimate of drug-likeness (QED) is 0.892. The standard InChI is InChI=1S/C17H25N5O2/c1-13(23)16-12-22(19-18-16)11-14-4-7-21(8-5-14)17(24)9-15-3-6-20(2)10-15/h3,6,10,12-14,23H,4-5,7-9,11H2,1-2H3/t13-/m1/s1. The minimum atomic E-state index is -0.587. The van der Waals surface area contributed by atoms with Crippen molar-refractivity contribution in [2.45, 2.75) is 38.8 Å². The van der Waals surface area contributed by atoms with E-state index < -0.39 is 6.10 Å². The smallest absolute Gasteiger partial charge is 0.227 e. The first-order valence-electron chi connectivity index (χ1n) is 8.48. The molecule has 0 radical (unpaired) electrons. The number of aryl methyl sites for hydroxylation is 1. The molecule has 1 N–H and O–H groups in total. The van der Waals surface area contributed by atoms with Gasteiger partial charge in [0.1, 0.15) is 5.69 Å². The fraction of sp³-hybridized carbons (Fsp3) is 0.588. The Balaban J connectivity index is 1.47. The van der Waals surface area contributed by atoms with E-state index >= 15 is 0 Å². The van der Waals surface area contributed by atoms with Crippen molar-refractivity contribution in [3.63, 3.8) is 0 Å². The number of carbonyl (C=O) groups is 1. The van der Waals surface area contributed by atoms with Crippen molar-refractivity contribution in [1.29, 1.82) is 0 Å². The maximum atomic E-state index is 12.4. The Morgan fingerprint density at radius 1 is 1.38 bits per heavy atom. The number of likely N-dealkylation sites (tertiary alicyclic amines) is 1. The van der Waals surface area contributed by atoms with Gasteiger partial charge in [0, 0.05) is 39.1 Å². The molecular weight excluding hydrogens is 306 g/mol. The molecule has 0 aliphatic carbocycles. The lowest BCUT2D eigenvalue weighted by molar-refractivity contribution is -0.131. The number of nitrogens with zero attached hydrogens (tertiary/aromatic N) is 5. The molecule has 1 saturated heterocycles. The second-order valence-electron chi connectivity index (χ2n) is 6.73. The Kier molecular flexibility index (Phi) is 4.99. The minimum Gasteiger partial charge on any atom is -0.387 e. The first-order valence-corrected chi connectivity index (χ1v) is 8.48. The van der Waals surface area contributed by atoms with Crippen LogP contribution in [0, 0.1) is 5.92 Å². The van der Waals surface area contributed by atoms with Crippen LogP contribution >= 0.6 is 0 Å². The van der Waals surface area contributed by atoms with Gasteiger partial charge >= 0.3 is 0 Å². The predicted octanol–water partition coefficient (Wildman–Crippen LogP) is 1.15. The molecule has 3 heterocycles. The van der Waals surface area contributed by atoms with Gasteiger partial charge in [0.25, 0.3) is 0 Å². The number of amides is 1. The van der Waals surface area contributed by atoms with Crippen LogP contribution in [-0.2, 0) is 24.8 Å². The van der Waals surface area contributed by atoms with Crippen LogP contribution in [0.15, 0.2) is 24.7 Å². The van der Waals surface area contributed by atoms with Crippen LogP contribution in [-0.4, -0.2) is 48.6 Å². The Morgan fingerprint density at radius 2 is 2.12 bits per heavy atom. The largest absolute Gasteiger partial charge is 0.387 e. The minimum absolute atomic E-state index is 0.205. The molecule has 0 spiro atoms. The lowest BCUT2D eigenvalue weighted by Crippen LogP contribution is -2.40. The number of carbonyl (C=O) groups excluding carboxylic acids is 1. The van der Waals surface area contributed by atoms with Crippen LogP contribution in [0.4, 0.5) is 0 Å². The predicted molar refractivity (Wildman–Crippen MR) is 89.1 cm³/mol. The van der Waals surface area contributed by atoms with Crippen molar-refractivity contribution in [2.24, 2.45) is 13.0 Å². The van der Waals surface area contributed by atoms with Gasteiger partial charge in [-0.2, -0.15) is 0 Å². The van der Waals surface area contributed by atoms with Gasteiger partial charge in [-0.25, -0.2) is 0 Å². The summed E-state index contributed by atoms with van der Waals surface area (Å²) in [5.41, 5.74) is 1.67. The molecule has 7 heteroatoms. The van der Waals surface area contributed by atoms with E-state index in [9.17, 15) is 9.90 Å². The van der Waals surface area contributed by atoms with Crippen LogP contribution in [0.2, 0.25) is 0 Å². The Labute approximate surface area is 141 Å². The highest BCUT2D eigenvalue weighted by molar-refractivity contribution is 5.78. The van der Waals surface area contributed by atoms with Gasteiger partial charge in [-0.15, -0.1) is 5.10 Å². The summed E-state index contributed by atoms with van der Waals surface area (Å²) in [6.45, 7) is 4.08. The molecule has 1 fully saturated rings. The summed E-state index contributed by atoms with van der Waals surface area (Å²) in [7, 11) is 1.96. The first-order chi connectivity index (χ1) is 11.5. The zero-order chi connectivity index (χ0) is 17.1. The molecule has 0 saturated carbocycles. The van der Waals surface area contributed by atoms with Crippen molar-refractivity contribution < 1.29 is 9.90 Å². The molecule has 0 aromatic carbocycles. The monoisotopic (exact) mass is 331 g/mol. The normalized spacial score (nSPS) is 17.2. The number of hydrogen-bond acceptors (Lipinski definition) is 4. The third-order valence-electron chi connectivity index (χ3n) is 4.65. The van der Waals surface area contributed by atoms with Gasteiger partial charge in [0.2, 0.25) is 5.91 Å². The fourth-order valence-electron chi connectivity index (χ4n) is 3.18. The fourth-order valence-corrected chi connectivity index (χ4v) is 3.18. The number of aliphatic hydroxyl groups excluding tert-OH is 1. The van der Waals surface area contributed by atoms with E-state index in [2.05, 4.69) is 10.3 Å². The van der Waals surface area contributed by atoms with Gasteiger partial charge in [0.05, 0.1) is 18.7 Å². The first kappa shape index (κ1) is 16.7. The van der Waals surface area contributed by atoms with Gasteiger partial charge in [0.15, 0.2) is 0 Å². The number of hydrogen-bond donors (Lipinski definition) is 1. The molecular formula is C17H25N5O2. The molecule has 7 nitrogen and oxygen atoms in total. The average Bonchev–Trinajstić information content (AvgIpc) is 3.17. The third-order valence-corrected chi connectivity index (χ3v) is 4.65.